The van der Waals surface area contributed by atoms with Gasteiger partial charge >= 0.3 is 5.97 Å². The summed E-state index contributed by atoms with van der Waals surface area (Å²) in [6.07, 6.45) is 1.00. The number of methoxy groups -OCH3 is 1. The van der Waals surface area contributed by atoms with Crippen LogP contribution in [0.15, 0.2) is 0 Å². The van der Waals surface area contributed by atoms with Gasteiger partial charge in [-0.2, -0.15) is 0 Å². The third kappa shape index (κ3) is 2.47. The van der Waals surface area contributed by atoms with Gasteiger partial charge in [-0.3, -0.25) is 14.9 Å². The number of esters is 1. The number of hydrogen-bond acceptors (Lipinski definition) is 4. The van der Waals surface area contributed by atoms with Crippen molar-refractivity contribution in [2.75, 3.05) is 20.3 Å². The van der Waals surface area contributed by atoms with Crippen LogP contribution in [-0.4, -0.2) is 42.6 Å². The molecule has 1 aliphatic heterocycles. The van der Waals surface area contributed by atoms with E-state index in [-0.39, 0.29) is 18.3 Å². The topological polar surface area (TPSA) is 58.6 Å². The first-order valence-electron chi connectivity index (χ1n) is 5.14. The zero-order chi connectivity index (χ0) is 11.5. The monoisotopic (exact) mass is 214 g/mol. The minimum atomic E-state index is -0.462. The van der Waals surface area contributed by atoms with Crippen LogP contribution in [-0.2, 0) is 14.3 Å². The van der Waals surface area contributed by atoms with Gasteiger partial charge in [0.15, 0.2) is 0 Å². The van der Waals surface area contributed by atoms with Gasteiger partial charge in [0.05, 0.1) is 25.7 Å². The molecule has 5 nitrogen and oxygen atoms in total. The zero-order valence-electron chi connectivity index (χ0n) is 9.50. The van der Waals surface area contributed by atoms with Crippen LogP contribution in [0.4, 0.5) is 0 Å². The molecule has 1 atom stereocenters. The van der Waals surface area contributed by atoms with Crippen molar-refractivity contribution in [3.05, 3.63) is 0 Å². The summed E-state index contributed by atoms with van der Waals surface area (Å²) < 4.78 is 4.53. The molecule has 1 aliphatic rings. The van der Waals surface area contributed by atoms with Gasteiger partial charge in [0.1, 0.15) is 0 Å². The van der Waals surface area contributed by atoms with Gasteiger partial charge in [-0.1, -0.05) is 6.92 Å². The molecule has 0 spiro atoms. The molecule has 0 aliphatic carbocycles. The van der Waals surface area contributed by atoms with Crippen molar-refractivity contribution < 1.29 is 14.3 Å². The van der Waals surface area contributed by atoms with Gasteiger partial charge in [-0.05, 0) is 13.3 Å². The molecule has 1 saturated heterocycles. The van der Waals surface area contributed by atoms with Crippen LogP contribution < -0.4 is 5.32 Å². The highest BCUT2D eigenvalue weighted by Crippen LogP contribution is 2.19. The van der Waals surface area contributed by atoms with Crippen LogP contribution in [0.1, 0.15) is 26.7 Å². The lowest BCUT2D eigenvalue weighted by atomic mass is 9.99. The second-order valence-electron chi connectivity index (χ2n) is 3.92. The fraction of sp³-hybridized carbons (Fsp3) is 0.800. The molecule has 0 saturated carbocycles. The lowest BCUT2D eigenvalue weighted by Gasteiger charge is -2.20. The third-order valence-electron chi connectivity index (χ3n) is 2.94. The van der Waals surface area contributed by atoms with Gasteiger partial charge in [0.2, 0.25) is 5.91 Å². The summed E-state index contributed by atoms with van der Waals surface area (Å²) in [5.74, 6) is -0.221. The number of carbonyl (C=O) groups excluding carboxylic acids is 2. The molecule has 1 amide bonds. The van der Waals surface area contributed by atoms with E-state index < -0.39 is 5.54 Å². The maximum absolute atomic E-state index is 11.9. The zero-order valence-corrected chi connectivity index (χ0v) is 9.50. The predicted octanol–water partition coefficient (Wildman–Crippen LogP) is 0.107. The molecule has 0 aromatic carbocycles. The number of amides is 1. The first kappa shape index (κ1) is 12.0. The molecular weight excluding hydrogens is 196 g/mol. The standard InChI is InChI=1S/C10H18N2O3/c1-4-10(2)9(14)12(7-11-10)6-5-8(13)15-3/h11H,4-7H2,1-3H3. The lowest BCUT2D eigenvalue weighted by molar-refractivity contribution is -0.141. The van der Waals surface area contributed by atoms with Crippen LogP contribution in [0.3, 0.4) is 0 Å². The first-order chi connectivity index (χ1) is 7.03. The van der Waals surface area contributed by atoms with Gasteiger partial charge in [0.25, 0.3) is 0 Å². The Hall–Kier alpha value is -1.10. The van der Waals surface area contributed by atoms with E-state index in [1.54, 1.807) is 4.90 Å². The van der Waals surface area contributed by atoms with Crippen molar-refractivity contribution in [1.82, 2.24) is 10.2 Å². The van der Waals surface area contributed by atoms with Gasteiger partial charge in [-0.25, -0.2) is 0 Å². The molecule has 1 unspecified atom stereocenters. The smallest absolute Gasteiger partial charge is 0.307 e. The van der Waals surface area contributed by atoms with Gasteiger partial charge in [0, 0.05) is 6.54 Å². The van der Waals surface area contributed by atoms with Crippen LogP contribution in [0.25, 0.3) is 0 Å². The van der Waals surface area contributed by atoms with E-state index in [2.05, 4.69) is 10.1 Å². The van der Waals surface area contributed by atoms with E-state index in [9.17, 15) is 9.59 Å². The highest BCUT2D eigenvalue weighted by molar-refractivity contribution is 5.88. The Morgan fingerprint density at radius 3 is 2.80 bits per heavy atom. The quantitative estimate of drug-likeness (QED) is 0.675. The first-order valence-corrected chi connectivity index (χ1v) is 5.14. The fourth-order valence-corrected chi connectivity index (χ4v) is 1.55. The van der Waals surface area contributed by atoms with Crippen LogP contribution >= 0.6 is 0 Å². The molecule has 1 rings (SSSR count). The van der Waals surface area contributed by atoms with E-state index in [4.69, 9.17) is 0 Å². The van der Waals surface area contributed by atoms with Crippen LogP contribution in [0.2, 0.25) is 0 Å². The summed E-state index contributed by atoms with van der Waals surface area (Å²) in [5.41, 5.74) is -0.462. The summed E-state index contributed by atoms with van der Waals surface area (Å²) in [6, 6.07) is 0. The largest absolute Gasteiger partial charge is 0.469 e. The molecule has 0 aromatic rings. The number of rotatable bonds is 4. The minimum absolute atomic E-state index is 0.0638. The molecule has 5 heteroatoms. The fourth-order valence-electron chi connectivity index (χ4n) is 1.55. The molecule has 86 valence electrons. The van der Waals surface area contributed by atoms with Crippen molar-refractivity contribution >= 4 is 11.9 Å². The maximum atomic E-state index is 11.9. The van der Waals surface area contributed by atoms with Crippen molar-refractivity contribution in [1.29, 1.82) is 0 Å². The number of hydrogen-bond donors (Lipinski definition) is 1. The van der Waals surface area contributed by atoms with Crippen molar-refractivity contribution in [3.8, 4) is 0 Å². The minimum Gasteiger partial charge on any atom is -0.469 e. The van der Waals surface area contributed by atoms with E-state index >= 15 is 0 Å². The van der Waals surface area contributed by atoms with E-state index in [0.29, 0.717) is 13.2 Å². The second-order valence-corrected chi connectivity index (χ2v) is 3.92. The highest BCUT2D eigenvalue weighted by Gasteiger charge is 2.40. The molecule has 1 N–H and O–H groups in total. The van der Waals surface area contributed by atoms with Gasteiger partial charge in [-0.15, -0.1) is 0 Å². The molecule has 0 radical (unpaired) electrons. The number of nitrogens with zero attached hydrogens (tertiary/aromatic N) is 1. The molecule has 0 aromatic heterocycles. The van der Waals surface area contributed by atoms with Crippen LogP contribution in [0.5, 0.6) is 0 Å². The van der Waals surface area contributed by atoms with E-state index in [1.807, 2.05) is 13.8 Å². The number of nitrogens with one attached hydrogen (secondary N) is 1. The Labute approximate surface area is 89.8 Å². The average Bonchev–Trinajstić information content (AvgIpc) is 2.54. The molecule has 1 heterocycles. The third-order valence-corrected chi connectivity index (χ3v) is 2.94. The Morgan fingerprint density at radius 2 is 2.33 bits per heavy atom. The van der Waals surface area contributed by atoms with Gasteiger partial charge < -0.3 is 9.64 Å². The Bertz CT molecular complexity index is 267. The number of ether oxygens (including phenoxy) is 1. The van der Waals surface area contributed by atoms with Crippen molar-refractivity contribution in [2.24, 2.45) is 0 Å². The summed E-state index contributed by atoms with van der Waals surface area (Å²) in [7, 11) is 1.35. The predicted molar refractivity (Wildman–Crippen MR) is 55.0 cm³/mol. The molecule has 1 fully saturated rings. The highest BCUT2D eigenvalue weighted by atomic mass is 16.5. The molecular formula is C10H18N2O3. The van der Waals surface area contributed by atoms with Crippen molar-refractivity contribution in [3.63, 3.8) is 0 Å². The average molecular weight is 214 g/mol. The summed E-state index contributed by atoms with van der Waals surface area (Å²) in [5, 5.41) is 3.15. The number of carbonyl (C=O) groups is 2. The summed E-state index contributed by atoms with van der Waals surface area (Å²) in [4.78, 5) is 24.4. The Morgan fingerprint density at radius 1 is 1.67 bits per heavy atom. The van der Waals surface area contributed by atoms with E-state index in [1.165, 1.54) is 7.11 Å². The second kappa shape index (κ2) is 4.61. The Balaban J connectivity index is 2.47. The normalized spacial score (nSPS) is 25.8. The van der Waals surface area contributed by atoms with Crippen molar-refractivity contribution in [2.45, 2.75) is 32.2 Å². The lowest BCUT2D eigenvalue weighted by Crippen LogP contribution is -2.43. The molecule has 0 bridgehead atoms. The Kier molecular flexibility index (Phi) is 3.68. The summed E-state index contributed by atoms with van der Waals surface area (Å²) >= 11 is 0. The SMILES string of the molecule is CCC1(C)NCN(CCC(=O)OC)C1=O. The van der Waals surface area contributed by atoms with E-state index in [0.717, 1.165) is 6.42 Å². The summed E-state index contributed by atoms with van der Waals surface area (Å²) in [6.45, 7) is 4.79. The van der Waals surface area contributed by atoms with Crippen LogP contribution in [0, 0.1) is 0 Å². The molecule has 15 heavy (non-hydrogen) atoms. The maximum Gasteiger partial charge on any atom is 0.307 e.